The van der Waals surface area contributed by atoms with Gasteiger partial charge in [-0.15, -0.1) is 0 Å². The van der Waals surface area contributed by atoms with Crippen LogP contribution in [0.2, 0.25) is 0 Å². The minimum atomic E-state index is -0.961. The zero-order chi connectivity index (χ0) is 12.5. The Morgan fingerprint density at radius 1 is 1.41 bits per heavy atom. The Kier molecular flexibility index (Phi) is 3.11. The van der Waals surface area contributed by atoms with Crippen LogP contribution in [0.1, 0.15) is 13.3 Å². The highest BCUT2D eigenvalue weighted by Gasteiger charge is 2.36. The number of benzene rings is 1. The van der Waals surface area contributed by atoms with Gasteiger partial charge in [0.2, 0.25) is 5.91 Å². The van der Waals surface area contributed by atoms with Crippen LogP contribution in [0.15, 0.2) is 18.2 Å². The first kappa shape index (κ1) is 12.0. The van der Waals surface area contributed by atoms with Gasteiger partial charge in [0.15, 0.2) is 11.6 Å². The first-order chi connectivity index (χ1) is 8.01. The number of anilines is 1. The van der Waals surface area contributed by atoms with E-state index in [2.05, 4.69) is 10.6 Å². The first-order valence-electron chi connectivity index (χ1n) is 5.48. The molecule has 92 valence electrons. The van der Waals surface area contributed by atoms with E-state index in [-0.39, 0.29) is 11.6 Å². The Labute approximate surface area is 98.2 Å². The molecule has 1 fully saturated rings. The van der Waals surface area contributed by atoms with Crippen molar-refractivity contribution < 1.29 is 13.6 Å². The van der Waals surface area contributed by atoms with Crippen molar-refractivity contribution in [3.63, 3.8) is 0 Å². The van der Waals surface area contributed by atoms with Gasteiger partial charge < -0.3 is 10.6 Å². The fraction of sp³-hybridized carbons (Fsp3) is 0.417. The summed E-state index contributed by atoms with van der Waals surface area (Å²) in [6.07, 6.45) is 0.739. The van der Waals surface area contributed by atoms with Gasteiger partial charge in [0.05, 0.1) is 5.41 Å². The average molecular weight is 240 g/mol. The Morgan fingerprint density at radius 2 is 2.18 bits per heavy atom. The number of hydrogen-bond acceptors (Lipinski definition) is 2. The van der Waals surface area contributed by atoms with E-state index in [9.17, 15) is 13.6 Å². The lowest BCUT2D eigenvalue weighted by atomic mass is 9.89. The second-order valence-corrected chi connectivity index (χ2v) is 4.57. The first-order valence-corrected chi connectivity index (χ1v) is 5.48. The molecule has 1 heterocycles. The van der Waals surface area contributed by atoms with Crippen molar-refractivity contribution in [3.05, 3.63) is 29.8 Å². The average Bonchev–Trinajstić information content (AvgIpc) is 2.72. The summed E-state index contributed by atoms with van der Waals surface area (Å²) >= 11 is 0. The maximum absolute atomic E-state index is 13.0. The molecule has 1 unspecified atom stereocenters. The van der Waals surface area contributed by atoms with Gasteiger partial charge in [-0.2, -0.15) is 0 Å². The van der Waals surface area contributed by atoms with Gasteiger partial charge >= 0.3 is 0 Å². The highest BCUT2D eigenvalue weighted by atomic mass is 19.2. The molecular formula is C12H14F2N2O. The maximum atomic E-state index is 13.0. The highest BCUT2D eigenvalue weighted by molar-refractivity contribution is 5.95. The molecule has 2 rings (SSSR count). The Balaban J connectivity index is 2.10. The van der Waals surface area contributed by atoms with E-state index in [1.807, 2.05) is 6.92 Å². The third-order valence-electron chi connectivity index (χ3n) is 3.09. The number of amides is 1. The molecule has 5 heteroatoms. The van der Waals surface area contributed by atoms with E-state index in [4.69, 9.17) is 0 Å². The molecule has 1 aromatic rings. The Bertz CT molecular complexity index is 442. The molecule has 1 amide bonds. The molecule has 0 saturated carbocycles. The summed E-state index contributed by atoms with van der Waals surface area (Å²) in [4.78, 5) is 12.0. The SMILES string of the molecule is CC1(C(=O)Nc2ccc(F)c(F)c2)CCNC1. The van der Waals surface area contributed by atoms with Gasteiger partial charge in [-0.1, -0.05) is 0 Å². The van der Waals surface area contributed by atoms with Gasteiger partial charge in [-0.05, 0) is 32.0 Å². The molecular weight excluding hydrogens is 226 g/mol. The Morgan fingerprint density at radius 3 is 2.76 bits per heavy atom. The smallest absolute Gasteiger partial charge is 0.231 e. The van der Waals surface area contributed by atoms with Gasteiger partial charge in [0.1, 0.15) is 0 Å². The minimum absolute atomic E-state index is 0.173. The van der Waals surface area contributed by atoms with Crippen molar-refractivity contribution in [2.45, 2.75) is 13.3 Å². The third-order valence-corrected chi connectivity index (χ3v) is 3.09. The summed E-state index contributed by atoms with van der Waals surface area (Å²) in [5.74, 6) is -2.05. The van der Waals surface area contributed by atoms with Gasteiger partial charge in [-0.3, -0.25) is 4.79 Å². The van der Waals surface area contributed by atoms with Crippen molar-refractivity contribution in [1.29, 1.82) is 0 Å². The zero-order valence-corrected chi connectivity index (χ0v) is 9.52. The van der Waals surface area contributed by atoms with Crippen LogP contribution in [0.5, 0.6) is 0 Å². The molecule has 1 aliphatic heterocycles. The molecule has 0 aromatic heterocycles. The minimum Gasteiger partial charge on any atom is -0.325 e. The monoisotopic (exact) mass is 240 g/mol. The summed E-state index contributed by atoms with van der Waals surface area (Å²) in [7, 11) is 0. The second kappa shape index (κ2) is 4.41. The van der Waals surface area contributed by atoms with Crippen molar-refractivity contribution in [3.8, 4) is 0 Å². The quantitative estimate of drug-likeness (QED) is 0.829. The van der Waals surface area contributed by atoms with Gasteiger partial charge in [0, 0.05) is 18.3 Å². The molecule has 1 saturated heterocycles. The number of rotatable bonds is 2. The summed E-state index contributed by atoms with van der Waals surface area (Å²) < 4.78 is 25.7. The number of hydrogen-bond donors (Lipinski definition) is 2. The standard InChI is InChI=1S/C12H14F2N2O/c1-12(4-5-15-7-12)11(17)16-8-2-3-9(13)10(14)6-8/h2-3,6,15H,4-5,7H2,1H3,(H,16,17). The molecule has 0 bridgehead atoms. The van der Waals surface area contributed by atoms with E-state index in [0.717, 1.165) is 25.1 Å². The number of halogens is 2. The molecule has 0 radical (unpaired) electrons. The summed E-state index contributed by atoms with van der Waals surface area (Å²) in [5, 5.41) is 5.71. The highest BCUT2D eigenvalue weighted by Crippen LogP contribution is 2.26. The largest absolute Gasteiger partial charge is 0.325 e. The molecule has 1 atom stereocenters. The summed E-state index contributed by atoms with van der Waals surface area (Å²) in [6, 6.07) is 3.33. The Hall–Kier alpha value is -1.49. The lowest BCUT2D eigenvalue weighted by Crippen LogP contribution is -2.35. The lowest BCUT2D eigenvalue weighted by Gasteiger charge is -2.21. The number of carbonyl (C=O) groups excluding carboxylic acids is 1. The van der Waals surface area contributed by atoms with Crippen LogP contribution >= 0.6 is 0 Å². The molecule has 3 nitrogen and oxygen atoms in total. The molecule has 2 N–H and O–H groups in total. The second-order valence-electron chi connectivity index (χ2n) is 4.57. The van der Waals surface area contributed by atoms with Crippen LogP contribution in [0.4, 0.5) is 14.5 Å². The van der Waals surface area contributed by atoms with Crippen molar-refractivity contribution in [2.75, 3.05) is 18.4 Å². The summed E-state index contributed by atoms with van der Waals surface area (Å²) in [5.41, 5.74) is -0.202. The molecule has 0 spiro atoms. The lowest BCUT2D eigenvalue weighted by molar-refractivity contribution is -0.123. The topological polar surface area (TPSA) is 41.1 Å². The van der Waals surface area contributed by atoms with E-state index < -0.39 is 17.0 Å². The van der Waals surface area contributed by atoms with Crippen LogP contribution < -0.4 is 10.6 Å². The van der Waals surface area contributed by atoms with Gasteiger partial charge in [-0.25, -0.2) is 8.78 Å². The van der Waals surface area contributed by atoms with Crippen LogP contribution in [0, 0.1) is 17.0 Å². The van der Waals surface area contributed by atoms with Gasteiger partial charge in [0.25, 0.3) is 0 Å². The fourth-order valence-electron chi connectivity index (χ4n) is 1.87. The molecule has 1 aromatic carbocycles. The van der Waals surface area contributed by atoms with E-state index in [1.54, 1.807) is 0 Å². The van der Waals surface area contributed by atoms with Crippen LogP contribution in [0.25, 0.3) is 0 Å². The normalized spacial score (nSPS) is 23.7. The van der Waals surface area contributed by atoms with Crippen LogP contribution in [0.3, 0.4) is 0 Å². The molecule has 0 aliphatic carbocycles. The van der Waals surface area contributed by atoms with E-state index in [1.165, 1.54) is 6.07 Å². The van der Waals surface area contributed by atoms with E-state index >= 15 is 0 Å². The summed E-state index contributed by atoms with van der Waals surface area (Å²) in [6.45, 7) is 3.24. The maximum Gasteiger partial charge on any atom is 0.231 e. The van der Waals surface area contributed by atoms with Crippen molar-refractivity contribution in [1.82, 2.24) is 5.32 Å². The van der Waals surface area contributed by atoms with E-state index in [0.29, 0.717) is 6.54 Å². The predicted octanol–water partition coefficient (Wildman–Crippen LogP) is 1.90. The number of carbonyl (C=O) groups is 1. The number of nitrogens with one attached hydrogen (secondary N) is 2. The third kappa shape index (κ3) is 2.44. The molecule has 17 heavy (non-hydrogen) atoms. The predicted molar refractivity (Wildman–Crippen MR) is 60.6 cm³/mol. The van der Waals surface area contributed by atoms with Crippen molar-refractivity contribution >= 4 is 11.6 Å². The fourth-order valence-corrected chi connectivity index (χ4v) is 1.87. The zero-order valence-electron chi connectivity index (χ0n) is 9.52. The van der Waals surface area contributed by atoms with Crippen LogP contribution in [-0.4, -0.2) is 19.0 Å². The molecule has 1 aliphatic rings. The van der Waals surface area contributed by atoms with Crippen LogP contribution in [-0.2, 0) is 4.79 Å². The van der Waals surface area contributed by atoms with Crippen molar-refractivity contribution in [2.24, 2.45) is 5.41 Å².